The van der Waals surface area contributed by atoms with E-state index < -0.39 is 5.91 Å². The molecule has 0 bridgehead atoms. The van der Waals surface area contributed by atoms with Crippen molar-refractivity contribution in [1.29, 1.82) is 0 Å². The van der Waals surface area contributed by atoms with Crippen molar-refractivity contribution in [2.45, 2.75) is 6.42 Å². The Morgan fingerprint density at radius 2 is 2.11 bits per heavy atom. The Morgan fingerprint density at radius 1 is 1.56 bits per heavy atom. The van der Waals surface area contributed by atoms with Gasteiger partial charge in [-0.3, -0.25) is 9.59 Å². The van der Waals surface area contributed by atoms with Gasteiger partial charge in [0.05, 0.1) is 0 Å². The normalized spacial score (nSPS) is 9.89. The van der Waals surface area contributed by atoms with Crippen molar-refractivity contribution in [3.05, 3.63) is 12.2 Å². The van der Waals surface area contributed by atoms with Crippen molar-refractivity contribution in [3.8, 4) is 0 Å². The van der Waals surface area contributed by atoms with Crippen molar-refractivity contribution in [3.63, 3.8) is 0 Å². The minimum Gasteiger partial charge on any atom is -0.366 e. The first-order valence-electron chi connectivity index (χ1n) is 2.30. The van der Waals surface area contributed by atoms with Crippen LogP contribution in [-0.2, 0) is 9.59 Å². The Morgan fingerprint density at radius 3 is 2.44 bits per heavy atom. The molecule has 50 valence electrons. The molecule has 0 saturated carbocycles. The molecule has 0 saturated heterocycles. The van der Waals surface area contributed by atoms with E-state index in [4.69, 9.17) is 5.73 Å². The monoisotopic (exact) mass is 145 g/mol. The number of carbonyl (C=O) groups is 2. The molecule has 0 atom stereocenters. The molecule has 9 heavy (non-hydrogen) atoms. The molecule has 0 spiro atoms. The van der Waals surface area contributed by atoms with Crippen molar-refractivity contribution in [2.75, 3.05) is 0 Å². The van der Waals surface area contributed by atoms with Gasteiger partial charge in [-0.1, -0.05) is 6.08 Å². The lowest BCUT2D eigenvalue weighted by Crippen LogP contribution is -2.05. The summed E-state index contributed by atoms with van der Waals surface area (Å²) in [6, 6.07) is 0. The van der Waals surface area contributed by atoms with Crippen molar-refractivity contribution in [2.24, 2.45) is 5.73 Å². The highest BCUT2D eigenvalue weighted by atomic mass is 32.1. The summed E-state index contributed by atoms with van der Waals surface area (Å²) < 4.78 is 0. The fourth-order valence-electron chi connectivity index (χ4n) is 0.276. The molecule has 0 aromatic rings. The minimum atomic E-state index is -0.551. The van der Waals surface area contributed by atoms with Crippen LogP contribution in [0.2, 0.25) is 0 Å². The maximum absolute atomic E-state index is 10.1. The van der Waals surface area contributed by atoms with Gasteiger partial charge in [-0.25, -0.2) is 0 Å². The number of nitrogens with two attached hydrogens (primary N) is 1. The topological polar surface area (TPSA) is 60.2 Å². The zero-order chi connectivity index (χ0) is 7.28. The van der Waals surface area contributed by atoms with Crippen LogP contribution in [0.15, 0.2) is 12.2 Å². The molecule has 0 radical (unpaired) electrons. The van der Waals surface area contributed by atoms with Gasteiger partial charge >= 0.3 is 0 Å². The quantitative estimate of drug-likeness (QED) is 0.429. The predicted octanol–water partition coefficient (Wildman–Crippen LogP) is -0.126. The van der Waals surface area contributed by atoms with Crippen LogP contribution in [0.25, 0.3) is 0 Å². The number of hydrogen-bond donors (Lipinski definition) is 2. The maximum atomic E-state index is 10.1. The summed E-state index contributed by atoms with van der Waals surface area (Å²) in [7, 11) is 0. The summed E-state index contributed by atoms with van der Waals surface area (Å²) in [4.78, 5) is 20.1. The number of amides is 1. The number of allylic oxidation sites excluding steroid dienone is 1. The molecule has 0 aromatic heterocycles. The van der Waals surface area contributed by atoms with E-state index in [9.17, 15) is 9.59 Å². The average Bonchev–Trinajstić information content (AvgIpc) is 1.63. The zero-order valence-electron chi connectivity index (χ0n) is 4.70. The average molecular weight is 145 g/mol. The van der Waals surface area contributed by atoms with Crippen LogP contribution in [0.5, 0.6) is 0 Å². The summed E-state index contributed by atoms with van der Waals surface area (Å²) in [6.07, 6.45) is 2.65. The van der Waals surface area contributed by atoms with Gasteiger partial charge in [0.15, 0.2) is 5.12 Å². The molecule has 3 nitrogen and oxygen atoms in total. The fourth-order valence-corrected chi connectivity index (χ4v) is 0.381. The molecule has 0 fully saturated rings. The van der Waals surface area contributed by atoms with Crippen LogP contribution < -0.4 is 5.73 Å². The van der Waals surface area contributed by atoms with Gasteiger partial charge in [-0.15, -0.1) is 12.6 Å². The van der Waals surface area contributed by atoms with E-state index in [1.807, 2.05) is 0 Å². The minimum absolute atomic E-state index is 0.145. The first kappa shape index (κ1) is 8.23. The smallest absolute Gasteiger partial charge is 0.241 e. The van der Waals surface area contributed by atoms with Crippen LogP contribution in [0.3, 0.4) is 0 Å². The van der Waals surface area contributed by atoms with Crippen LogP contribution in [0, 0.1) is 0 Å². The standard InChI is InChI=1S/C5H7NO2S/c6-4(7)2-1-3-5(8)9/h1-2H,3H2,(H2,6,7)(H,8,9). The van der Waals surface area contributed by atoms with E-state index in [1.54, 1.807) is 0 Å². The van der Waals surface area contributed by atoms with Gasteiger partial charge < -0.3 is 5.73 Å². The third kappa shape index (κ3) is 7.23. The molecule has 0 aromatic carbocycles. The van der Waals surface area contributed by atoms with E-state index in [-0.39, 0.29) is 11.5 Å². The van der Waals surface area contributed by atoms with Gasteiger partial charge in [-0.05, 0) is 6.08 Å². The molecule has 0 rings (SSSR count). The molecule has 1 amide bonds. The summed E-state index contributed by atoms with van der Waals surface area (Å²) in [5.74, 6) is -0.551. The van der Waals surface area contributed by atoms with E-state index in [0.29, 0.717) is 0 Å². The fraction of sp³-hybridized carbons (Fsp3) is 0.200. The predicted molar refractivity (Wildman–Crippen MR) is 36.9 cm³/mol. The lowest BCUT2D eigenvalue weighted by molar-refractivity contribution is -0.113. The highest BCUT2D eigenvalue weighted by Crippen LogP contribution is 1.87. The molecule has 0 aliphatic heterocycles. The summed E-state index contributed by atoms with van der Waals surface area (Å²) in [5.41, 5.74) is 4.72. The zero-order valence-corrected chi connectivity index (χ0v) is 5.60. The van der Waals surface area contributed by atoms with Crippen LogP contribution in [0.1, 0.15) is 6.42 Å². The van der Waals surface area contributed by atoms with E-state index >= 15 is 0 Å². The SMILES string of the molecule is NC(=O)C=CCC(=O)S. The second-order valence-electron chi connectivity index (χ2n) is 1.40. The van der Waals surface area contributed by atoms with E-state index in [2.05, 4.69) is 12.6 Å². The van der Waals surface area contributed by atoms with Crippen LogP contribution >= 0.6 is 12.6 Å². The van der Waals surface area contributed by atoms with Gasteiger partial charge in [0.1, 0.15) is 0 Å². The third-order valence-corrected chi connectivity index (χ3v) is 0.757. The maximum Gasteiger partial charge on any atom is 0.241 e. The highest BCUT2D eigenvalue weighted by Gasteiger charge is 1.87. The number of carbonyl (C=O) groups excluding carboxylic acids is 2. The van der Waals surface area contributed by atoms with Crippen LogP contribution in [-0.4, -0.2) is 11.0 Å². The molecule has 0 aliphatic rings. The lowest BCUT2D eigenvalue weighted by Gasteiger charge is -1.80. The Hall–Kier alpha value is -0.770. The summed E-state index contributed by atoms with van der Waals surface area (Å²) in [6.45, 7) is 0. The lowest BCUT2D eigenvalue weighted by atomic mass is 10.4. The van der Waals surface area contributed by atoms with Gasteiger partial charge in [0.2, 0.25) is 5.91 Å². The molecule has 4 heteroatoms. The molecule has 2 N–H and O–H groups in total. The number of primary amides is 1. The molecular weight excluding hydrogens is 138 g/mol. The highest BCUT2D eigenvalue weighted by molar-refractivity contribution is 7.96. The van der Waals surface area contributed by atoms with E-state index in [1.165, 1.54) is 6.08 Å². The number of rotatable bonds is 3. The Balaban J connectivity index is 3.48. The van der Waals surface area contributed by atoms with Gasteiger partial charge in [0, 0.05) is 6.42 Å². The molecule has 0 unspecified atom stereocenters. The second-order valence-corrected chi connectivity index (χ2v) is 1.90. The van der Waals surface area contributed by atoms with Crippen molar-refractivity contribution < 1.29 is 9.59 Å². The Bertz CT molecular complexity index is 153. The number of thiol groups is 1. The summed E-state index contributed by atoms with van der Waals surface area (Å²) >= 11 is 3.46. The van der Waals surface area contributed by atoms with Crippen molar-refractivity contribution >= 4 is 23.7 Å². The van der Waals surface area contributed by atoms with Crippen LogP contribution in [0.4, 0.5) is 0 Å². The van der Waals surface area contributed by atoms with Crippen molar-refractivity contribution in [1.82, 2.24) is 0 Å². The second kappa shape index (κ2) is 4.14. The Labute approximate surface area is 58.3 Å². The molecular formula is C5H7NO2S. The largest absolute Gasteiger partial charge is 0.366 e. The molecule has 0 heterocycles. The van der Waals surface area contributed by atoms with Gasteiger partial charge in [0.25, 0.3) is 0 Å². The third-order valence-electron chi connectivity index (χ3n) is 0.575. The first-order chi connectivity index (χ1) is 4.13. The summed E-state index contributed by atoms with van der Waals surface area (Å²) in [5, 5.41) is -0.285. The van der Waals surface area contributed by atoms with E-state index in [0.717, 1.165) is 6.08 Å². The first-order valence-corrected chi connectivity index (χ1v) is 2.75. The van der Waals surface area contributed by atoms with Gasteiger partial charge in [-0.2, -0.15) is 0 Å². The number of hydrogen-bond acceptors (Lipinski definition) is 2. The Kier molecular flexibility index (Phi) is 3.79. The molecule has 0 aliphatic carbocycles.